The molecule has 1 aromatic rings. The number of amides is 1. The third-order valence-corrected chi connectivity index (χ3v) is 4.42. The van der Waals surface area contributed by atoms with Gasteiger partial charge in [0.2, 0.25) is 0 Å². The van der Waals surface area contributed by atoms with Gasteiger partial charge in [-0.2, -0.15) is 5.26 Å². The van der Waals surface area contributed by atoms with Crippen LogP contribution < -0.4 is 5.32 Å². The average molecular weight is 243 g/mol. The molecule has 1 aliphatic rings. The van der Waals surface area contributed by atoms with Crippen LogP contribution >= 0.6 is 0 Å². The molecular weight excluding hydrogens is 226 g/mol. The molecule has 94 valence electrons. The molecule has 0 atom stereocenters. The Hall–Kier alpha value is -1.89. The van der Waals surface area contributed by atoms with Crippen LogP contribution in [-0.4, -0.2) is 16.9 Å². The Balaban J connectivity index is 2.08. The number of carbonyl (C=O) groups is 1. The third-order valence-electron chi connectivity index (χ3n) is 4.42. The van der Waals surface area contributed by atoms with Gasteiger partial charge < -0.3 is 5.32 Å². The fraction of sp³-hybridized carbons (Fsp3) is 0.500. The quantitative estimate of drug-likeness (QED) is 0.865. The molecule has 4 nitrogen and oxygen atoms in total. The van der Waals surface area contributed by atoms with E-state index in [4.69, 9.17) is 5.26 Å². The predicted octanol–water partition coefficient (Wildman–Crippen LogP) is 2.12. The van der Waals surface area contributed by atoms with Gasteiger partial charge in [0.1, 0.15) is 11.8 Å². The van der Waals surface area contributed by atoms with Crippen molar-refractivity contribution in [2.24, 2.45) is 10.8 Å². The summed E-state index contributed by atoms with van der Waals surface area (Å²) in [6.45, 7) is 8.57. The highest BCUT2D eigenvalue weighted by Gasteiger charge is 2.65. The van der Waals surface area contributed by atoms with Gasteiger partial charge >= 0.3 is 0 Å². The highest BCUT2D eigenvalue weighted by molar-refractivity contribution is 5.92. The largest absolute Gasteiger partial charge is 0.347 e. The second-order valence-corrected chi connectivity index (χ2v) is 5.89. The zero-order valence-corrected chi connectivity index (χ0v) is 11.1. The summed E-state index contributed by atoms with van der Waals surface area (Å²) < 4.78 is 0. The van der Waals surface area contributed by atoms with Crippen molar-refractivity contribution in [2.45, 2.75) is 33.7 Å². The van der Waals surface area contributed by atoms with Crippen molar-refractivity contribution in [1.82, 2.24) is 10.3 Å². The van der Waals surface area contributed by atoms with Gasteiger partial charge in [0.05, 0.1) is 5.56 Å². The molecule has 0 aliphatic heterocycles. The van der Waals surface area contributed by atoms with Crippen LogP contribution in [-0.2, 0) is 0 Å². The molecular formula is C14H17N3O. The monoisotopic (exact) mass is 243 g/mol. The van der Waals surface area contributed by atoms with Gasteiger partial charge in [-0.1, -0.05) is 27.7 Å². The molecule has 2 rings (SSSR count). The number of pyridine rings is 1. The molecule has 4 heteroatoms. The first kappa shape index (κ1) is 12.6. The first-order valence-electron chi connectivity index (χ1n) is 5.97. The van der Waals surface area contributed by atoms with Crippen LogP contribution in [0.3, 0.4) is 0 Å². The molecule has 0 aromatic carbocycles. The van der Waals surface area contributed by atoms with E-state index in [1.807, 2.05) is 6.07 Å². The number of rotatable bonds is 2. The van der Waals surface area contributed by atoms with Gasteiger partial charge in [0.25, 0.3) is 5.91 Å². The molecule has 1 fully saturated rings. The lowest BCUT2D eigenvalue weighted by Gasteiger charge is -2.06. The standard InChI is InChI=1S/C14H17N3O/c1-13(2)12(14(13,3)4)17-11(18)10-6-5-9(7-15)8-16-10/h5-6,8,12H,1-4H3,(H,17,18). The van der Waals surface area contributed by atoms with Crippen molar-refractivity contribution in [1.29, 1.82) is 5.26 Å². The van der Waals surface area contributed by atoms with Gasteiger partial charge in [-0.05, 0) is 23.0 Å². The van der Waals surface area contributed by atoms with Crippen molar-refractivity contribution in [3.63, 3.8) is 0 Å². The topological polar surface area (TPSA) is 65.8 Å². The van der Waals surface area contributed by atoms with E-state index in [9.17, 15) is 4.79 Å². The summed E-state index contributed by atoms with van der Waals surface area (Å²) in [4.78, 5) is 16.0. The molecule has 0 bridgehead atoms. The maximum absolute atomic E-state index is 12.0. The lowest BCUT2D eigenvalue weighted by Crippen LogP contribution is -2.30. The summed E-state index contributed by atoms with van der Waals surface area (Å²) in [7, 11) is 0. The van der Waals surface area contributed by atoms with Gasteiger partial charge in [0, 0.05) is 12.2 Å². The van der Waals surface area contributed by atoms with Crippen LogP contribution in [0.15, 0.2) is 18.3 Å². The summed E-state index contributed by atoms with van der Waals surface area (Å²) in [5.41, 5.74) is 1.02. The van der Waals surface area contributed by atoms with Gasteiger partial charge in [0.15, 0.2) is 0 Å². The molecule has 0 unspecified atom stereocenters. The number of carbonyl (C=O) groups excluding carboxylic acids is 1. The lowest BCUT2D eigenvalue weighted by molar-refractivity contribution is 0.0938. The zero-order valence-electron chi connectivity index (χ0n) is 11.1. The summed E-state index contributed by atoms with van der Waals surface area (Å²) >= 11 is 0. The summed E-state index contributed by atoms with van der Waals surface area (Å²) in [5, 5.41) is 11.7. The molecule has 0 spiro atoms. The van der Waals surface area contributed by atoms with Gasteiger partial charge in [-0.25, -0.2) is 4.98 Å². The van der Waals surface area contributed by atoms with Crippen LogP contribution in [0.1, 0.15) is 43.7 Å². The van der Waals surface area contributed by atoms with Crippen molar-refractivity contribution < 1.29 is 4.79 Å². The van der Waals surface area contributed by atoms with Gasteiger partial charge in [-0.15, -0.1) is 0 Å². The van der Waals surface area contributed by atoms with Crippen molar-refractivity contribution in [3.05, 3.63) is 29.6 Å². The van der Waals surface area contributed by atoms with Crippen LogP contribution in [0, 0.1) is 22.2 Å². The fourth-order valence-corrected chi connectivity index (χ4v) is 2.36. The Kier molecular flexibility index (Phi) is 2.66. The predicted molar refractivity (Wildman–Crippen MR) is 67.8 cm³/mol. The average Bonchev–Trinajstić information content (AvgIpc) is 2.72. The molecule has 0 saturated heterocycles. The van der Waals surface area contributed by atoms with E-state index in [0.717, 1.165) is 0 Å². The molecule has 18 heavy (non-hydrogen) atoms. The molecule has 1 saturated carbocycles. The van der Waals surface area contributed by atoms with E-state index in [1.165, 1.54) is 6.20 Å². The van der Waals surface area contributed by atoms with E-state index in [1.54, 1.807) is 12.1 Å². The summed E-state index contributed by atoms with van der Waals surface area (Å²) in [5.74, 6) is -0.178. The van der Waals surface area contributed by atoms with Crippen LogP contribution in [0.5, 0.6) is 0 Å². The normalized spacial score (nSPS) is 19.9. The molecule has 1 aromatic heterocycles. The van der Waals surface area contributed by atoms with E-state index >= 15 is 0 Å². The van der Waals surface area contributed by atoms with E-state index < -0.39 is 0 Å². The second kappa shape index (κ2) is 3.81. The van der Waals surface area contributed by atoms with Crippen molar-refractivity contribution >= 4 is 5.91 Å². The Morgan fingerprint density at radius 3 is 2.33 bits per heavy atom. The maximum Gasteiger partial charge on any atom is 0.270 e. The number of nitrogens with zero attached hydrogens (tertiary/aromatic N) is 2. The highest BCUT2D eigenvalue weighted by atomic mass is 16.2. The fourth-order valence-electron chi connectivity index (χ4n) is 2.36. The summed E-state index contributed by atoms with van der Waals surface area (Å²) in [6, 6.07) is 5.32. The Bertz CT molecular complexity index is 509. The van der Waals surface area contributed by atoms with E-state index in [0.29, 0.717) is 11.3 Å². The van der Waals surface area contributed by atoms with Crippen LogP contribution in [0.4, 0.5) is 0 Å². The summed E-state index contributed by atoms with van der Waals surface area (Å²) in [6.07, 6.45) is 1.41. The van der Waals surface area contributed by atoms with Crippen LogP contribution in [0.25, 0.3) is 0 Å². The number of aromatic nitrogens is 1. The maximum atomic E-state index is 12.0. The first-order chi connectivity index (χ1) is 8.30. The first-order valence-corrected chi connectivity index (χ1v) is 5.97. The Labute approximate surface area is 107 Å². The number of hydrogen-bond donors (Lipinski definition) is 1. The van der Waals surface area contributed by atoms with E-state index in [2.05, 4.69) is 38.0 Å². The number of hydrogen-bond acceptors (Lipinski definition) is 3. The SMILES string of the molecule is CC1(C)C(NC(=O)c2ccc(C#N)cn2)C1(C)C. The molecule has 1 N–H and O–H groups in total. The number of nitrogens with one attached hydrogen (secondary N) is 1. The minimum atomic E-state index is -0.178. The van der Waals surface area contributed by atoms with Crippen molar-refractivity contribution in [2.75, 3.05) is 0 Å². The van der Waals surface area contributed by atoms with E-state index in [-0.39, 0.29) is 22.8 Å². The highest BCUT2D eigenvalue weighted by Crippen LogP contribution is 2.62. The molecule has 1 amide bonds. The number of nitriles is 1. The minimum absolute atomic E-state index is 0.106. The molecule has 1 heterocycles. The third kappa shape index (κ3) is 1.76. The zero-order chi connectivity index (χ0) is 13.6. The minimum Gasteiger partial charge on any atom is -0.347 e. The molecule has 0 radical (unpaired) electrons. The Morgan fingerprint density at radius 2 is 1.94 bits per heavy atom. The lowest BCUT2D eigenvalue weighted by atomic mass is 10.0. The molecule has 1 aliphatic carbocycles. The van der Waals surface area contributed by atoms with Crippen LogP contribution in [0.2, 0.25) is 0 Å². The Morgan fingerprint density at radius 1 is 1.33 bits per heavy atom. The van der Waals surface area contributed by atoms with Gasteiger partial charge in [-0.3, -0.25) is 4.79 Å². The second-order valence-electron chi connectivity index (χ2n) is 5.89. The van der Waals surface area contributed by atoms with Crippen molar-refractivity contribution in [3.8, 4) is 6.07 Å². The smallest absolute Gasteiger partial charge is 0.270 e.